The number of rotatable bonds is 5. The number of benzene rings is 3. The Balaban J connectivity index is 1.74. The molecular formula is C24H19BrCl2N2O2. The minimum Gasteiger partial charge on any atom is -0.367 e. The number of hydrogen-bond acceptors (Lipinski definition) is 3. The van der Waals surface area contributed by atoms with Gasteiger partial charge in [0.1, 0.15) is 0 Å². The zero-order valence-corrected chi connectivity index (χ0v) is 19.7. The number of carbonyl (C=O) groups is 1. The Morgan fingerprint density at radius 2 is 1.77 bits per heavy atom. The smallest absolute Gasteiger partial charge is 0.276 e. The summed E-state index contributed by atoms with van der Waals surface area (Å²) in [7, 11) is 1.53. The van der Waals surface area contributed by atoms with Crippen LogP contribution in [-0.2, 0) is 9.53 Å². The molecule has 158 valence electrons. The highest BCUT2D eigenvalue weighted by Gasteiger charge is 2.37. The van der Waals surface area contributed by atoms with E-state index in [9.17, 15) is 4.79 Å². The van der Waals surface area contributed by atoms with Gasteiger partial charge in [0, 0.05) is 18.0 Å². The average Bonchev–Trinajstić information content (AvgIpc) is 3.23. The lowest BCUT2D eigenvalue weighted by Gasteiger charge is -2.26. The first-order valence-electron chi connectivity index (χ1n) is 9.67. The molecule has 1 aliphatic rings. The Morgan fingerprint density at radius 3 is 2.42 bits per heavy atom. The van der Waals surface area contributed by atoms with Crippen LogP contribution in [-0.4, -0.2) is 23.7 Å². The number of carbonyl (C=O) groups excluding carboxylic acids is 1. The van der Waals surface area contributed by atoms with Crippen molar-refractivity contribution in [2.45, 2.75) is 18.6 Å². The second-order valence-corrected chi connectivity index (χ2v) is 8.89. The van der Waals surface area contributed by atoms with Gasteiger partial charge in [-0.15, -0.1) is 0 Å². The van der Waals surface area contributed by atoms with Crippen LogP contribution in [0.15, 0.2) is 82.4 Å². The zero-order valence-electron chi connectivity index (χ0n) is 16.6. The Kier molecular flexibility index (Phi) is 6.77. The minimum atomic E-state index is -0.764. The fraction of sp³-hybridized carbons (Fsp3) is 0.167. The first kappa shape index (κ1) is 22.0. The highest BCUT2D eigenvalue weighted by Crippen LogP contribution is 2.37. The Labute approximate surface area is 199 Å². The SMILES string of the molecule is CO[C@H](C(=O)N1N=C(c2ccc(Br)cc2)C[C@@H]1c1ccc(Cl)c(Cl)c1)c1ccccc1. The molecule has 0 aliphatic carbocycles. The molecule has 31 heavy (non-hydrogen) atoms. The lowest BCUT2D eigenvalue weighted by molar-refractivity contribution is -0.144. The van der Waals surface area contributed by atoms with Gasteiger partial charge in [-0.3, -0.25) is 4.79 Å². The summed E-state index contributed by atoms with van der Waals surface area (Å²) in [6, 6.07) is 22.4. The van der Waals surface area contributed by atoms with E-state index in [4.69, 9.17) is 33.0 Å². The summed E-state index contributed by atoms with van der Waals surface area (Å²) in [6.07, 6.45) is -0.212. The molecule has 7 heteroatoms. The lowest BCUT2D eigenvalue weighted by Crippen LogP contribution is -2.32. The first-order valence-corrected chi connectivity index (χ1v) is 11.2. The summed E-state index contributed by atoms with van der Waals surface area (Å²) >= 11 is 15.8. The zero-order chi connectivity index (χ0) is 22.0. The molecule has 0 aromatic heterocycles. The van der Waals surface area contributed by atoms with Crippen molar-refractivity contribution in [3.8, 4) is 0 Å². The van der Waals surface area contributed by atoms with Crippen LogP contribution < -0.4 is 0 Å². The van der Waals surface area contributed by atoms with Crippen molar-refractivity contribution in [3.05, 3.63) is 104 Å². The summed E-state index contributed by atoms with van der Waals surface area (Å²) in [6.45, 7) is 0. The molecule has 0 bridgehead atoms. The van der Waals surface area contributed by atoms with Gasteiger partial charge in [-0.2, -0.15) is 5.10 Å². The molecule has 0 radical (unpaired) electrons. The number of halogens is 3. The molecule has 1 heterocycles. The maximum absolute atomic E-state index is 13.6. The van der Waals surface area contributed by atoms with Crippen LogP contribution in [0.5, 0.6) is 0 Å². The van der Waals surface area contributed by atoms with Gasteiger partial charge in [0.05, 0.1) is 21.8 Å². The van der Waals surface area contributed by atoms with Crippen LogP contribution in [0.3, 0.4) is 0 Å². The predicted molar refractivity (Wildman–Crippen MR) is 128 cm³/mol. The van der Waals surface area contributed by atoms with E-state index in [1.165, 1.54) is 12.1 Å². The molecule has 1 amide bonds. The second kappa shape index (κ2) is 9.53. The van der Waals surface area contributed by atoms with Crippen molar-refractivity contribution >= 4 is 50.8 Å². The maximum Gasteiger partial charge on any atom is 0.276 e. The van der Waals surface area contributed by atoms with Crippen molar-refractivity contribution in [2.24, 2.45) is 5.10 Å². The Morgan fingerprint density at radius 1 is 1.06 bits per heavy atom. The van der Waals surface area contributed by atoms with Gasteiger partial charge in [0.15, 0.2) is 6.10 Å². The summed E-state index contributed by atoms with van der Waals surface area (Å²) in [5.41, 5.74) is 3.41. The third-order valence-electron chi connectivity index (χ3n) is 5.20. The number of hydrogen-bond donors (Lipinski definition) is 0. The van der Waals surface area contributed by atoms with Gasteiger partial charge in [-0.1, -0.05) is 87.7 Å². The molecule has 0 N–H and O–H groups in total. The van der Waals surface area contributed by atoms with Crippen LogP contribution in [0, 0.1) is 0 Å². The third-order valence-corrected chi connectivity index (χ3v) is 6.47. The summed E-state index contributed by atoms with van der Waals surface area (Å²) in [5, 5.41) is 7.14. The second-order valence-electron chi connectivity index (χ2n) is 7.16. The lowest BCUT2D eigenvalue weighted by atomic mass is 9.98. The molecule has 4 nitrogen and oxygen atoms in total. The molecule has 0 saturated heterocycles. The fourth-order valence-corrected chi connectivity index (χ4v) is 4.21. The minimum absolute atomic E-state index is 0.239. The quantitative estimate of drug-likeness (QED) is 0.372. The monoisotopic (exact) mass is 516 g/mol. The van der Waals surface area contributed by atoms with E-state index in [0.717, 1.165) is 26.9 Å². The van der Waals surface area contributed by atoms with Crippen molar-refractivity contribution in [1.82, 2.24) is 5.01 Å². The van der Waals surface area contributed by atoms with E-state index in [0.29, 0.717) is 16.5 Å². The van der Waals surface area contributed by atoms with Gasteiger partial charge in [0.2, 0.25) is 0 Å². The van der Waals surface area contributed by atoms with Crippen molar-refractivity contribution in [1.29, 1.82) is 0 Å². The fourth-order valence-electron chi connectivity index (χ4n) is 3.64. The number of amides is 1. The van der Waals surface area contributed by atoms with Gasteiger partial charge >= 0.3 is 0 Å². The van der Waals surface area contributed by atoms with Crippen molar-refractivity contribution in [2.75, 3.05) is 7.11 Å². The van der Waals surface area contributed by atoms with E-state index < -0.39 is 6.10 Å². The van der Waals surface area contributed by atoms with E-state index in [1.807, 2.05) is 60.7 Å². The van der Waals surface area contributed by atoms with E-state index >= 15 is 0 Å². The largest absolute Gasteiger partial charge is 0.367 e. The molecule has 1 aliphatic heterocycles. The van der Waals surface area contributed by atoms with Crippen LogP contribution in [0.4, 0.5) is 0 Å². The Hall–Kier alpha value is -2.18. The molecule has 3 aromatic carbocycles. The van der Waals surface area contributed by atoms with Gasteiger partial charge in [-0.25, -0.2) is 5.01 Å². The topological polar surface area (TPSA) is 41.9 Å². The van der Waals surface area contributed by atoms with Crippen molar-refractivity contribution < 1.29 is 9.53 Å². The summed E-state index contributed by atoms with van der Waals surface area (Å²) in [4.78, 5) is 13.6. The Bertz CT molecular complexity index is 1120. The molecule has 4 rings (SSSR count). The highest BCUT2D eigenvalue weighted by atomic mass is 79.9. The molecular weight excluding hydrogens is 499 g/mol. The van der Waals surface area contributed by atoms with E-state index in [1.54, 1.807) is 12.1 Å². The van der Waals surface area contributed by atoms with Gasteiger partial charge < -0.3 is 4.74 Å². The van der Waals surface area contributed by atoms with Crippen molar-refractivity contribution in [3.63, 3.8) is 0 Å². The van der Waals surface area contributed by atoms with E-state index in [2.05, 4.69) is 15.9 Å². The molecule has 0 saturated carbocycles. The molecule has 0 spiro atoms. The standard InChI is InChI=1S/C24H19BrCl2N2O2/c1-31-23(16-5-3-2-4-6-16)24(30)29-22(17-9-12-19(26)20(27)13-17)14-21(28-29)15-7-10-18(25)11-8-15/h2-13,22-23H,14H2,1H3/t22-,23+/m1/s1. The number of methoxy groups -OCH3 is 1. The van der Waals surface area contributed by atoms with Gasteiger partial charge in [0.25, 0.3) is 5.91 Å². The van der Waals surface area contributed by atoms with E-state index in [-0.39, 0.29) is 11.9 Å². The van der Waals surface area contributed by atoms with Gasteiger partial charge in [-0.05, 0) is 41.0 Å². The summed E-state index contributed by atoms with van der Waals surface area (Å²) in [5.74, 6) is -0.239. The average molecular weight is 518 g/mol. The normalized spacial score (nSPS) is 16.8. The number of hydrazone groups is 1. The highest BCUT2D eigenvalue weighted by molar-refractivity contribution is 9.10. The summed E-state index contributed by atoms with van der Waals surface area (Å²) < 4.78 is 6.56. The van der Waals surface area contributed by atoms with Crippen LogP contribution in [0.2, 0.25) is 10.0 Å². The maximum atomic E-state index is 13.6. The molecule has 0 fully saturated rings. The third kappa shape index (κ3) is 4.70. The number of nitrogens with zero attached hydrogens (tertiary/aromatic N) is 2. The molecule has 3 aromatic rings. The first-order chi connectivity index (χ1) is 15.0. The van der Waals surface area contributed by atoms with Crippen LogP contribution in [0.1, 0.15) is 35.3 Å². The van der Waals surface area contributed by atoms with Crippen LogP contribution in [0.25, 0.3) is 0 Å². The molecule has 2 atom stereocenters. The van der Waals surface area contributed by atoms with Crippen LogP contribution >= 0.6 is 39.1 Å². The number of ether oxygens (including phenoxy) is 1. The molecule has 0 unspecified atom stereocenters. The predicted octanol–water partition coefficient (Wildman–Crippen LogP) is 6.82.